The van der Waals surface area contributed by atoms with Crippen molar-refractivity contribution in [2.24, 2.45) is 0 Å². The Morgan fingerprint density at radius 1 is 0.833 bits per heavy atom. The molecule has 0 unspecified atom stereocenters. The molecule has 0 aliphatic rings. The molecule has 3 rings (SSSR count). The van der Waals surface area contributed by atoms with Gasteiger partial charge in [-0.2, -0.15) is 0 Å². The zero-order valence-corrected chi connectivity index (χ0v) is 17.1. The Morgan fingerprint density at radius 2 is 1.50 bits per heavy atom. The molecule has 0 bridgehead atoms. The summed E-state index contributed by atoms with van der Waals surface area (Å²) in [6.45, 7) is 2.34. The minimum atomic E-state index is -0.318. The summed E-state index contributed by atoms with van der Waals surface area (Å²) in [6.07, 6.45) is 0. The number of carbonyl (C=O) groups excluding carboxylic acids is 2. The molecular formula is C23H21ClN2O4. The molecule has 0 aliphatic carbocycles. The van der Waals surface area contributed by atoms with Crippen LogP contribution in [0.1, 0.15) is 17.3 Å². The van der Waals surface area contributed by atoms with E-state index in [0.29, 0.717) is 34.3 Å². The fourth-order valence-electron chi connectivity index (χ4n) is 2.61. The second kappa shape index (κ2) is 10.3. The van der Waals surface area contributed by atoms with Crippen LogP contribution < -0.4 is 20.1 Å². The Morgan fingerprint density at radius 3 is 2.17 bits per heavy atom. The summed E-state index contributed by atoms with van der Waals surface area (Å²) in [5, 5.41) is 6.07. The fraction of sp³-hybridized carbons (Fsp3) is 0.130. The number of halogens is 1. The van der Waals surface area contributed by atoms with Crippen molar-refractivity contribution in [3.8, 4) is 11.5 Å². The van der Waals surface area contributed by atoms with Crippen LogP contribution >= 0.6 is 11.6 Å². The molecule has 6 nitrogen and oxygen atoms in total. The van der Waals surface area contributed by atoms with Gasteiger partial charge in [-0.25, -0.2) is 0 Å². The van der Waals surface area contributed by atoms with E-state index >= 15 is 0 Å². The predicted molar refractivity (Wildman–Crippen MR) is 118 cm³/mol. The number of hydrogen-bond acceptors (Lipinski definition) is 4. The maximum atomic E-state index is 12.4. The van der Waals surface area contributed by atoms with Gasteiger partial charge in [-0.15, -0.1) is 0 Å². The van der Waals surface area contributed by atoms with E-state index in [2.05, 4.69) is 10.6 Å². The van der Waals surface area contributed by atoms with Crippen molar-refractivity contribution in [1.29, 1.82) is 0 Å². The van der Waals surface area contributed by atoms with Gasteiger partial charge in [-0.1, -0.05) is 17.7 Å². The van der Waals surface area contributed by atoms with Gasteiger partial charge in [0.25, 0.3) is 11.8 Å². The molecule has 0 aromatic heterocycles. The molecular weight excluding hydrogens is 404 g/mol. The van der Waals surface area contributed by atoms with Gasteiger partial charge in [-0.05, 0) is 73.7 Å². The molecule has 0 atom stereocenters. The summed E-state index contributed by atoms with van der Waals surface area (Å²) in [4.78, 5) is 24.4. The topological polar surface area (TPSA) is 76.7 Å². The maximum Gasteiger partial charge on any atom is 0.262 e. The van der Waals surface area contributed by atoms with Crippen LogP contribution in [0.15, 0.2) is 72.8 Å². The van der Waals surface area contributed by atoms with E-state index in [-0.39, 0.29) is 18.4 Å². The van der Waals surface area contributed by atoms with Crippen molar-refractivity contribution >= 4 is 34.8 Å². The Labute approximate surface area is 179 Å². The quantitative estimate of drug-likeness (QED) is 0.533. The number of amides is 2. The number of rotatable bonds is 8. The van der Waals surface area contributed by atoms with Crippen LogP contribution in [-0.2, 0) is 4.79 Å². The first-order valence-electron chi connectivity index (χ1n) is 9.36. The van der Waals surface area contributed by atoms with Gasteiger partial charge in [0.1, 0.15) is 11.5 Å². The van der Waals surface area contributed by atoms with E-state index in [1.165, 1.54) is 0 Å². The van der Waals surface area contributed by atoms with Gasteiger partial charge in [0.15, 0.2) is 6.61 Å². The van der Waals surface area contributed by atoms with Crippen LogP contribution in [0, 0.1) is 0 Å². The van der Waals surface area contributed by atoms with Gasteiger partial charge < -0.3 is 20.1 Å². The van der Waals surface area contributed by atoms with Crippen LogP contribution in [0.5, 0.6) is 11.5 Å². The molecule has 0 aliphatic heterocycles. The fourth-order valence-corrected chi connectivity index (χ4v) is 2.79. The smallest absolute Gasteiger partial charge is 0.262 e. The molecule has 0 spiro atoms. The van der Waals surface area contributed by atoms with Gasteiger partial charge in [0, 0.05) is 22.0 Å². The highest BCUT2D eigenvalue weighted by molar-refractivity contribution is 6.30. The van der Waals surface area contributed by atoms with Gasteiger partial charge in [-0.3, -0.25) is 9.59 Å². The van der Waals surface area contributed by atoms with E-state index in [1.54, 1.807) is 72.8 Å². The molecule has 0 saturated heterocycles. The van der Waals surface area contributed by atoms with E-state index in [9.17, 15) is 9.59 Å². The number of hydrogen-bond donors (Lipinski definition) is 2. The predicted octanol–water partition coefficient (Wildman–Crippen LogP) is 5.01. The molecule has 3 aromatic rings. The Bertz CT molecular complexity index is 1000. The molecule has 154 valence electrons. The zero-order chi connectivity index (χ0) is 21.3. The van der Waals surface area contributed by atoms with Crippen molar-refractivity contribution < 1.29 is 19.1 Å². The van der Waals surface area contributed by atoms with Gasteiger partial charge in [0.05, 0.1) is 6.61 Å². The summed E-state index contributed by atoms with van der Waals surface area (Å²) < 4.78 is 10.8. The standard InChI is InChI=1S/C23H21ClN2O4/c1-2-29-20-12-10-19(11-13-20)26-23(28)16-6-8-18(9-7-16)25-22(27)15-30-21-5-3-4-17(24)14-21/h3-14H,2,15H2,1H3,(H,25,27)(H,26,28). The Kier molecular flexibility index (Phi) is 7.29. The number of ether oxygens (including phenoxy) is 2. The summed E-state index contributed by atoms with van der Waals surface area (Å²) in [5.74, 6) is 0.691. The van der Waals surface area contributed by atoms with Crippen molar-refractivity contribution in [2.75, 3.05) is 23.8 Å². The van der Waals surface area contributed by atoms with E-state index in [4.69, 9.17) is 21.1 Å². The molecule has 7 heteroatoms. The normalized spacial score (nSPS) is 10.2. The molecule has 0 fully saturated rings. The molecule has 0 heterocycles. The van der Waals surface area contributed by atoms with E-state index < -0.39 is 0 Å². The number of benzene rings is 3. The minimum absolute atomic E-state index is 0.152. The lowest BCUT2D eigenvalue weighted by Crippen LogP contribution is -2.20. The van der Waals surface area contributed by atoms with Gasteiger partial charge >= 0.3 is 0 Å². The maximum absolute atomic E-state index is 12.4. The molecule has 2 amide bonds. The van der Waals surface area contributed by atoms with Crippen molar-refractivity contribution in [3.63, 3.8) is 0 Å². The lowest BCUT2D eigenvalue weighted by Gasteiger charge is -2.09. The van der Waals surface area contributed by atoms with Crippen LogP contribution in [0.2, 0.25) is 5.02 Å². The minimum Gasteiger partial charge on any atom is -0.494 e. The second-order valence-corrected chi connectivity index (χ2v) is 6.72. The Hall–Kier alpha value is -3.51. The van der Waals surface area contributed by atoms with Gasteiger partial charge in [0.2, 0.25) is 0 Å². The van der Waals surface area contributed by atoms with Crippen molar-refractivity contribution in [2.45, 2.75) is 6.92 Å². The van der Waals surface area contributed by atoms with Crippen molar-refractivity contribution in [3.05, 3.63) is 83.4 Å². The average Bonchev–Trinajstić information content (AvgIpc) is 2.74. The molecule has 2 N–H and O–H groups in total. The summed E-state index contributed by atoms with van der Waals surface area (Å²) in [7, 11) is 0. The summed E-state index contributed by atoms with van der Waals surface area (Å²) in [5.41, 5.74) is 1.70. The lowest BCUT2D eigenvalue weighted by molar-refractivity contribution is -0.118. The molecule has 3 aromatic carbocycles. The molecule has 0 radical (unpaired) electrons. The molecule has 30 heavy (non-hydrogen) atoms. The van der Waals surface area contributed by atoms with Crippen LogP contribution in [0.25, 0.3) is 0 Å². The first kappa shape index (κ1) is 21.2. The number of anilines is 2. The summed E-state index contributed by atoms with van der Waals surface area (Å²) >= 11 is 5.88. The number of carbonyl (C=O) groups is 2. The SMILES string of the molecule is CCOc1ccc(NC(=O)c2ccc(NC(=O)COc3cccc(Cl)c3)cc2)cc1. The highest BCUT2D eigenvalue weighted by atomic mass is 35.5. The highest BCUT2D eigenvalue weighted by Crippen LogP contribution is 2.18. The second-order valence-electron chi connectivity index (χ2n) is 6.28. The Balaban J connectivity index is 1.51. The van der Waals surface area contributed by atoms with Crippen LogP contribution in [-0.4, -0.2) is 25.0 Å². The van der Waals surface area contributed by atoms with E-state index in [0.717, 1.165) is 5.75 Å². The zero-order valence-electron chi connectivity index (χ0n) is 16.4. The third kappa shape index (κ3) is 6.25. The van der Waals surface area contributed by atoms with E-state index in [1.807, 2.05) is 6.92 Å². The average molecular weight is 425 g/mol. The van der Waals surface area contributed by atoms with Crippen LogP contribution in [0.4, 0.5) is 11.4 Å². The summed E-state index contributed by atoms with van der Waals surface area (Å²) in [6, 6.07) is 20.5. The highest BCUT2D eigenvalue weighted by Gasteiger charge is 2.08. The van der Waals surface area contributed by atoms with Crippen molar-refractivity contribution in [1.82, 2.24) is 0 Å². The third-order valence-electron chi connectivity index (χ3n) is 4.02. The lowest BCUT2D eigenvalue weighted by atomic mass is 10.2. The first-order valence-corrected chi connectivity index (χ1v) is 9.74. The molecule has 0 saturated carbocycles. The first-order chi connectivity index (χ1) is 14.5. The van der Waals surface area contributed by atoms with Crippen LogP contribution in [0.3, 0.4) is 0 Å². The number of nitrogens with one attached hydrogen (secondary N) is 2. The third-order valence-corrected chi connectivity index (χ3v) is 4.26. The largest absolute Gasteiger partial charge is 0.494 e. The monoisotopic (exact) mass is 424 g/mol.